The highest BCUT2D eigenvalue weighted by molar-refractivity contribution is 4.87. The van der Waals surface area contributed by atoms with Crippen LogP contribution in [0.5, 0.6) is 0 Å². The number of nitrogens with one attached hydrogen (secondary N) is 1. The third kappa shape index (κ3) is 6.19. The molecule has 0 bridgehead atoms. The minimum absolute atomic E-state index is 0.426. The average Bonchev–Trinajstić information content (AvgIpc) is 2.36. The predicted molar refractivity (Wildman–Crippen MR) is 78.8 cm³/mol. The molecule has 0 aromatic carbocycles. The number of hydrogen-bond donors (Lipinski definition) is 2. The Bertz CT molecular complexity index is 209. The molecule has 0 amide bonds. The van der Waals surface area contributed by atoms with Crippen molar-refractivity contribution in [2.45, 2.75) is 90.2 Å². The van der Waals surface area contributed by atoms with E-state index in [4.69, 9.17) is 0 Å². The first-order valence-corrected chi connectivity index (χ1v) is 8.01. The van der Waals surface area contributed by atoms with E-state index in [1.165, 1.54) is 44.9 Å². The van der Waals surface area contributed by atoms with E-state index in [9.17, 15) is 5.11 Å². The maximum absolute atomic E-state index is 10.5. The summed E-state index contributed by atoms with van der Waals surface area (Å²) < 4.78 is 0. The Balaban J connectivity index is 2.11. The van der Waals surface area contributed by atoms with Gasteiger partial charge in [0.1, 0.15) is 0 Å². The standard InChI is InChI=1S/C16H33NO/c1-4-5-6-7-8-15(3)17-13-16(18)11-9-14(2)10-12-16/h14-15,17-18H,4-13H2,1-3H3. The van der Waals surface area contributed by atoms with Gasteiger partial charge in [-0.2, -0.15) is 0 Å². The molecule has 1 rings (SSSR count). The molecule has 1 fully saturated rings. The Morgan fingerprint density at radius 1 is 1.22 bits per heavy atom. The third-order valence-corrected chi connectivity index (χ3v) is 4.48. The normalized spacial score (nSPS) is 30.3. The summed E-state index contributed by atoms with van der Waals surface area (Å²) in [6.45, 7) is 7.58. The zero-order chi connectivity index (χ0) is 13.4. The molecule has 1 aliphatic carbocycles. The molecule has 1 atom stereocenters. The number of unbranched alkanes of at least 4 members (excludes halogenated alkanes) is 3. The van der Waals surface area contributed by atoms with Gasteiger partial charge in [0, 0.05) is 12.6 Å². The summed E-state index contributed by atoms with van der Waals surface area (Å²) in [6.07, 6.45) is 10.9. The summed E-state index contributed by atoms with van der Waals surface area (Å²) in [5.74, 6) is 0.803. The lowest BCUT2D eigenvalue weighted by Crippen LogP contribution is -2.45. The quantitative estimate of drug-likeness (QED) is 0.645. The summed E-state index contributed by atoms with van der Waals surface area (Å²) in [7, 11) is 0. The highest BCUT2D eigenvalue weighted by Crippen LogP contribution is 2.31. The maximum atomic E-state index is 10.5. The van der Waals surface area contributed by atoms with Crippen LogP contribution in [-0.2, 0) is 0 Å². The average molecular weight is 255 g/mol. The van der Waals surface area contributed by atoms with Crippen molar-refractivity contribution in [1.29, 1.82) is 0 Å². The van der Waals surface area contributed by atoms with E-state index in [1.807, 2.05) is 0 Å². The second-order valence-corrected chi connectivity index (χ2v) is 6.54. The second kappa shape index (κ2) is 8.16. The molecule has 1 unspecified atom stereocenters. The first-order valence-electron chi connectivity index (χ1n) is 8.01. The van der Waals surface area contributed by atoms with Crippen LogP contribution in [0, 0.1) is 5.92 Å². The lowest BCUT2D eigenvalue weighted by Gasteiger charge is -2.36. The van der Waals surface area contributed by atoms with Crippen LogP contribution in [-0.4, -0.2) is 23.3 Å². The van der Waals surface area contributed by atoms with Crippen molar-refractivity contribution in [3.05, 3.63) is 0 Å². The molecular formula is C16H33NO. The van der Waals surface area contributed by atoms with Crippen LogP contribution in [0.3, 0.4) is 0 Å². The van der Waals surface area contributed by atoms with Gasteiger partial charge >= 0.3 is 0 Å². The molecule has 0 aliphatic heterocycles. The van der Waals surface area contributed by atoms with E-state index >= 15 is 0 Å². The minimum atomic E-state index is -0.426. The molecular weight excluding hydrogens is 222 g/mol. The van der Waals surface area contributed by atoms with E-state index in [0.717, 1.165) is 25.3 Å². The second-order valence-electron chi connectivity index (χ2n) is 6.54. The summed E-state index contributed by atoms with van der Waals surface area (Å²) in [4.78, 5) is 0. The SMILES string of the molecule is CCCCCCC(C)NCC1(O)CCC(C)CC1. The van der Waals surface area contributed by atoms with E-state index in [1.54, 1.807) is 0 Å². The van der Waals surface area contributed by atoms with Gasteiger partial charge in [0.2, 0.25) is 0 Å². The molecule has 0 radical (unpaired) electrons. The van der Waals surface area contributed by atoms with Gasteiger partial charge in [-0.3, -0.25) is 0 Å². The molecule has 2 N–H and O–H groups in total. The fourth-order valence-electron chi connectivity index (χ4n) is 2.82. The van der Waals surface area contributed by atoms with E-state index in [0.29, 0.717) is 6.04 Å². The Labute approximate surface area is 114 Å². The molecule has 0 aromatic heterocycles. The number of hydrogen-bond acceptors (Lipinski definition) is 2. The van der Waals surface area contributed by atoms with Gasteiger partial charge in [0.25, 0.3) is 0 Å². The number of rotatable bonds is 8. The third-order valence-electron chi connectivity index (χ3n) is 4.48. The molecule has 1 saturated carbocycles. The van der Waals surface area contributed by atoms with Crippen LogP contribution in [0.15, 0.2) is 0 Å². The van der Waals surface area contributed by atoms with Crippen LogP contribution < -0.4 is 5.32 Å². The highest BCUT2D eigenvalue weighted by Gasteiger charge is 2.31. The number of aliphatic hydroxyl groups is 1. The van der Waals surface area contributed by atoms with Gasteiger partial charge in [-0.25, -0.2) is 0 Å². The largest absolute Gasteiger partial charge is 0.389 e. The van der Waals surface area contributed by atoms with Crippen LogP contribution in [0.2, 0.25) is 0 Å². The Morgan fingerprint density at radius 3 is 2.50 bits per heavy atom. The zero-order valence-corrected chi connectivity index (χ0v) is 12.7. The Kier molecular flexibility index (Phi) is 7.25. The van der Waals surface area contributed by atoms with Gasteiger partial charge in [-0.05, 0) is 44.9 Å². The summed E-state index contributed by atoms with van der Waals surface area (Å²) in [5, 5.41) is 14.0. The minimum Gasteiger partial charge on any atom is -0.389 e. The first-order chi connectivity index (χ1) is 8.56. The molecule has 18 heavy (non-hydrogen) atoms. The first kappa shape index (κ1) is 16.0. The molecule has 0 heterocycles. The van der Waals surface area contributed by atoms with Crippen molar-refractivity contribution in [2.75, 3.05) is 6.54 Å². The van der Waals surface area contributed by atoms with Crippen LogP contribution in [0.4, 0.5) is 0 Å². The fourth-order valence-corrected chi connectivity index (χ4v) is 2.82. The van der Waals surface area contributed by atoms with Crippen molar-refractivity contribution in [3.63, 3.8) is 0 Å². The summed E-state index contributed by atoms with van der Waals surface area (Å²) in [6, 6.07) is 0.547. The predicted octanol–water partition coefficient (Wildman–Crippen LogP) is 3.88. The Hall–Kier alpha value is -0.0800. The highest BCUT2D eigenvalue weighted by atomic mass is 16.3. The van der Waals surface area contributed by atoms with Crippen molar-refractivity contribution in [1.82, 2.24) is 5.32 Å². The lowest BCUT2D eigenvalue weighted by molar-refractivity contribution is -0.00799. The maximum Gasteiger partial charge on any atom is 0.0771 e. The van der Waals surface area contributed by atoms with Gasteiger partial charge < -0.3 is 10.4 Å². The van der Waals surface area contributed by atoms with Crippen molar-refractivity contribution >= 4 is 0 Å². The van der Waals surface area contributed by atoms with Crippen molar-refractivity contribution in [3.8, 4) is 0 Å². The lowest BCUT2D eigenvalue weighted by atomic mass is 9.79. The zero-order valence-electron chi connectivity index (χ0n) is 12.7. The molecule has 108 valence electrons. The molecule has 1 aliphatic rings. The fraction of sp³-hybridized carbons (Fsp3) is 1.00. The van der Waals surface area contributed by atoms with Gasteiger partial charge in [-0.1, -0.05) is 39.5 Å². The van der Waals surface area contributed by atoms with Gasteiger partial charge in [-0.15, -0.1) is 0 Å². The molecule has 0 spiro atoms. The van der Waals surface area contributed by atoms with Gasteiger partial charge in [0.05, 0.1) is 5.60 Å². The molecule has 0 saturated heterocycles. The van der Waals surface area contributed by atoms with Crippen LogP contribution in [0.1, 0.15) is 78.6 Å². The van der Waals surface area contributed by atoms with Crippen molar-refractivity contribution < 1.29 is 5.11 Å². The van der Waals surface area contributed by atoms with Crippen LogP contribution >= 0.6 is 0 Å². The van der Waals surface area contributed by atoms with E-state index < -0.39 is 5.60 Å². The topological polar surface area (TPSA) is 32.3 Å². The van der Waals surface area contributed by atoms with E-state index in [-0.39, 0.29) is 0 Å². The van der Waals surface area contributed by atoms with Crippen LogP contribution in [0.25, 0.3) is 0 Å². The molecule has 2 heteroatoms. The summed E-state index contributed by atoms with van der Waals surface area (Å²) in [5.41, 5.74) is -0.426. The molecule has 2 nitrogen and oxygen atoms in total. The summed E-state index contributed by atoms with van der Waals surface area (Å²) >= 11 is 0. The van der Waals surface area contributed by atoms with E-state index in [2.05, 4.69) is 26.1 Å². The monoisotopic (exact) mass is 255 g/mol. The Morgan fingerprint density at radius 2 is 1.89 bits per heavy atom. The van der Waals surface area contributed by atoms with Gasteiger partial charge in [0.15, 0.2) is 0 Å². The smallest absolute Gasteiger partial charge is 0.0771 e. The molecule has 0 aromatic rings. The van der Waals surface area contributed by atoms with Crippen molar-refractivity contribution in [2.24, 2.45) is 5.92 Å².